The Hall–Kier alpha value is -3.31. The van der Waals surface area contributed by atoms with Crippen LogP contribution in [0.5, 0.6) is 5.75 Å². The van der Waals surface area contributed by atoms with Crippen LogP contribution in [-0.2, 0) is 11.3 Å². The number of hydrogen-bond donors (Lipinski definition) is 1. The van der Waals surface area contributed by atoms with Gasteiger partial charge < -0.3 is 15.0 Å². The molecule has 2 atom stereocenters. The molecule has 1 aliphatic heterocycles. The van der Waals surface area contributed by atoms with Gasteiger partial charge in [-0.15, -0.1) is 0 Å². The Morgan fingerprint density at radius 1 is 1.09 bits per heavy atom. The molecular formula is C27H27ClN2O3. The summed E-state index contributed by atoms with van der Waals surface area (Å²) in [6.45, 7) is 4.43. The minimum absolute atomic E-state index is 0.0222. The fourth-order valence-electron chi connectivity index (χ4n) is 4.22. The van der Waals surface area contributed by atoms with Crippen molar-refractivity contribution in [2.45, 2.75) is 45.4 Å². The van der Waals surface area contributed by atoms with Gasteiger partial charge in [0, 0.05) is 11.3 Å². The Morgan fingerprint density at radius 3 is 2.52 bits per heavy atom. The van der Waals surface area contributed by atoms with E-state index in [0.29, 0.717) is 35.0 Å². The Bertz CT molecular complexity index is 1150. The number of anilines is 1. The SMILES string of the molecule is CC[C@@H]1Oc2ccc(NC(=O)c3ccccc3Cl)cc2CN([C@@H](CC)c2ccccc2)C1=O. The topological polar surface area (TPSA) is 58.6 Å². The number of amides is 2. The quantitative estimate of drug-likeness (QED) is 0.471. The molecule has 0 aromatic heterocycles. The number of halogens is 1. The molecule has 3 aromatic rings. The molecule has 0 saturated carbocycles. The Kier molecular flexibility index (Phi) is 6.99. The molecule has 5 nitrogen and oxygen atoms in total. The van der Waals surface area contributed by atoms with Gasteiger partial charge in [-0.3, -0.25) is 9.59 Å². The summed E-state index contributed by atoms with van der Waals surface area (Å²) in [5.74, 6) is 0.354. The van der Waals surface area contributed by atoms with Crippen molar-refractivity contribution in [1.82, 2.24) is 4.90 Å². The first-order chi connectivity index (χ1) is 16.0. The summed E-state index contributed by atoms with van der Waals surface area (Å²) in [5.41, 5.74) is 2.97. The van der Waals surface area contributed by atoms with Gasteiger partial charge in [-0.2, -0.15) is 0 Å². The molecule has 3 aromatic carbocycles. The fraction of sp³-hybridized carbons (Fsp3) is 0.259. The maximum atomic E-state index is 13.4. The molecule has 33 heavy (non-hydrogen) atoms. The zero-order chi connectivity index (χ0) is 23.4. The van der Waals surface area contributed by atoms with Crippen LogP contribution in [0.3, 0.4) is 0 Å². The second-order valence-corrected chi connectivity index (χ2v) is 8.48. The lowest BCUT2D eigenvalue weighted by atomic mass is 10.0. The van der Waals surface area contributed by atoms with E-state index >= 15 is 0 Å². The average Bonchev–Trinajstić information content (AvgIpc) is 2.97. The lowest BCUT2D eigenvalue weighted by molar-refractivity contribution is -0.141. The first-order valence-electron chi connectivity index (χ1n) is 11.2. The summed E-state index contributed by atoms with van der Waals surface area (Å²) in [5, 5.41) is 3.31. The molecule has 1 N–H and O–H groups in total. The number of ether oxygens (including phenoxy) is 1. The van der Waals surface area contributed by atoms with Crippen molar-refractivity contribution in [2.75, 3.05) is 5.32 Å². The molecule has 0 saturated heterocycles. The molecule has 4 rings (SSSR count). The van der Waals surface area contributed by atoms with Gasteiger partial charge in [-0.25, -0.2) is 0 Å². The highest BCUT2D eigenvalue weighted by atomic mass is 35.5. The largest absolute Gasteiger partial charge is 0.480 e. The molecule has 0 radical (unpaired) electrons. The fourth-order valence-corrected chi connectivity index (χ4v) is 4.44. The number of nitrogens with zero attached hydrogens (tertiary/aromatic N) is 1. The van der Waals surface area contributed by atoms with E-state index in [1.165, 1.54) is 0 Å². The van der Waals surface area contributed by atoms with Crippen molar-refractivity contribution < 1.29 is 14.3 Å². The Balaban J connectivity index is 1.66. The number of nitrogens with one attached hydrogen (secondary N) is 1. The summed E-state index contributed by atoms with van der Waals surface area (Å²) < 4.78 is 6.12. The van der Waals surface area contributed by atoms with E-state index in [2.05, 4.69) is 24.4 Å². The number of carbonyl (C=O) groups is 2. The van der Waals surface area contributed by atoms with Crippen molar-refractivity contribution in [3.05, 3.63) is 94.5 Å². The molecule has 6 heteroatoms. The van der Waals surface area contributed by atoms with Gasteiger partial charge in [0.2, 0.25) is 0 Å². The predicted octanol–water partition coefficient (Wildman–Crippen LogP) is 6.24. The van der Waals surface area contributed by atoms with Crippen LogP contribution in [0.1, 0.15) is 54.2 Å². The second-order valence-electron chi connectivity index (χ2n) is 8.07. The molecule has 0 aliphatic carbocycles. The van der Waals surface area contributed by atoms with E-state index in [9.17, 15) is 9.59 Å². The second kappa shape index (κ2) is 10.1. The van der Waals surface area contributed by atoms with Crippen LogP contribution in [0, 0.1) is 0 Å². The van der Waals surface area contributed by atoms with Crippen molar-refractivity contribution in [1.29, 1.82) is 0 Å². The van der Waals surface area contributed by atoms with E-state index in [0.717, 1.165) is 17.5 Å². The third kappa shape index (κ3) is 4.88. The van der Waals surface area contributed by atoms with Gasteiger partial charge in [-0.05, 0) is 48.7 Å². The lowest BCUT2D eigenvalue weighted by Gasteiger charge is -2.32. The van der Waals surface area contributed by atoms with Crippen molar-refractivity contribution in [2.24, 2.45) is 0 Å². The number of fused-ring (bicyclic) bond motifs is 1. The Labute approximate surface area is 199 Å². The monoisotopic (exact) mass is 462 g/mol. The minimum atomic E-state index is -0.549. The zero-order valence-electron chi connectivity index (χ0n) is 18.8. The first-order valence-corrected chi connectivity index (χ1v) is 11.6. The molecule has 0 fully saturated rings. The first kappa shape index (κ1) is 22.9. The lowest BCUT2D eigenvalue weighted by Crippen LogP contribution is -2.41. The van der Waals surface area contributed by atoms with Crippen LogP contribution in [-0.4, -0.2) is 22.8 Å². The summed E-state index contributed by atoms with van der Waals surface area (Å²) >= 11 is 6.17. The third-order valence-corrected chi connectivity index (χ3v) is 6.25. The van der Waals surface area contributed by atoms with Crippen LogP contribution in [0.4, 0.5) is 5.69 Å². The van der Waals surface area contributed by atoms with Gasteiger partial charge >= 0.3 is 0 Å². The summed E-state index contributed by atoms with van der Waals surface area (Å²) in [7, 11) is 0. The average molecular weight is 463 g/mol. The van der Waals surface area contributed by atoms with Gasteiger partial charge in [0.25, 0.3) is 11.8 Å². The maximum Gasteiger partial charge on any atom is 0.264 e. The smallest absolute Gasteiger partial charge is 0.264 e. The minimum Gasteiger partial charge on any atom is -0.480 e. The van der Waals surface area contributed by atoms with Gasteiger partial charge in [-0.1, -0.05) is 67.9 Å². The van der Waals surface area contributed by atoms with Crippen molar-refractivity contribution in [3.63, 3.8) is 0 Å². The molecule has 0 bridgehead atoms. The summed E-state index contributed by atoms with van der Waals surface area (Å²) in [6, 6.07) is 22.4. The molecule has 2 amide bonds. The van der Waals surface area contributed by atoms with E-state index < -0.39 is 6.10 Å². The van der Waals surface area contributed by atoms with E-state index in [1.807, 2.05) is 42.2 Å². The standard InChI is InChI=1S/C27H27ClN2O3/c1-3-23(18-10-6-5-7-11-18)30-17-19-16-20(14-15-25(19)33-24(4-2)27(30)32)29-26(31)21-12-8-9-13-22(21)28/h5-16,23-24H,3-4,17H2,1-2H3,(H,29,31)/t23-,24-/m0/s1. The van der Waals surface area contributed by atoms with Gasteiger partial charge in [0.05, 0.1) is 23.2 Å². The molecule has 1 heterocycles. The molecule has 170 valence electrons. The van der Waals surface area contributed by atoms with Gasteiger partial charge in [0.15, 0.2) is 6.10 Å². The van der Waals surface area contributed by atoms with Crippen LogP contribution in [0.25, 0.3) is 0 Å². The maximum absolute atomic E-state index is 13.4. The van der Waals surface area contributed by atoms with E-state index in [4.69, 9.17) is 16.3 Å². The van der Waals surface area contributed by atoms with Crippen LogP contribution in [0.15, 0.2) is 72.8 Å². The highest BCUT2D eigenvalue weighted by Gasteiger charge is 2.34. The highest BCUT2D eigenvalue weighted by Crippen LogP contribution is 2.35. The Morgan fingerprint density at radius 2 is 1.82 bits per heavy atom. The van der Waals surface area contributed by atoms with Crippen LogP contribution < -0.4 is 10.1 Å². The van der Waals surface area contributed by atoms with Gasteiger partial charge in [0.1, 0.15) is 5.75 Å². The number of benzene rings is 3. The summed E-state index contributed by atoms with van der Waals surface area (Å²) in [6.07, 6.45) is 0.808. The zero-order valence-corrected chi connectivity index (χ0v) is 19.5. The molecule has 0 spiro atoms. The molecular weight excluding hydrogens is 436 g/mol. The number of rotatable bonds is 6. The third-order valence-electron chi connectivity index (χ3n) is 5.92. The number of carbonyl (C=O) groups excluding carboxylic acids is 2. The highest BCUT2D eigenvalue weighted by molar-refractivity contribution is 6.34. The molecule has 1 aliphatic rings. The van der Waals surface area contributed by atoms with E-state index in [-0.39, 0.29) is 17.9 Å². The van der Waals surface area contributed by atoms with E-state index in [1.54, 1.807) is 30.3 Å². The summed E-state index contributed by atoms with van der Waals surface area (Å²) in [4.78, 5) is 28.1. The number of hydrogen-bond acceptors (Lipinski definition) is 3. The van der Waals surface area contributed by atoms with Crippen LogP contribution in [0.2, 0.25) is 5.02 Å². The van der Waals surface area contributed by atoms with Crippen molar-refractivity contribution in [3.8, 4) is 5.75 Å². The molecule has 0 unspecified atom stereocenters. The normalized spacial score (nSPS) is 16.4. The van der Waals surface area contributed by atoms with Crippen LogP contribution >= 0.6 is 11.6 Å². The van der Waals surface area contributed by atoms with Crippen molar-refractivity contribution >= 4 is 29.1 Å². The predicted molar refractivity (Wildman–Crippen MR) is 131 cm³/mol.